The maximum atomic E-state index is 6.03. The minimum Gasteiger partial charge on any atom is -0.393 e. The van der Waals surface area contributed by atoms with Gasteiger partial charge in [-0.05, 0) is 6.42 Å². The smallest absolute Gasteiger partial charge is 0.157 e. The summed E-state index contributed by atoms with van der Waals surface area (Å²) >= 11 is 6.03. The van der Waals surface area contributed by atoms with E-state index in [1.165, 1.54) is 0 Å². The van der Waals surface area contributed by atoms with E-state index < -0.39 is 0 Å². The van der Waals surface area contributed by atoms with Gasteiger partial charge in [0.25, 0.3) is 0 Å². The molecule has 2 heterocycles. The standard InChI is InChI=1S/C13H19ClN6/c1-9(2)12-18-11(14)10(15)13(19-12)17-4-3-6-20-7-5-16-8-20/h5,7-9H,3-4,6,15H2,1-2H3,(H,17,18,19). The van der Waals surface area contributed by atoms with Gasteiger partial charge in [0.1, 0.15) is 11.5 Å². The van der Waals surface area contributed by atoms with Crippen LogP contribution < -0.4 is 11.1 Å². The predicted molar refractivity (Wildman–Crippen MR) is 80.9 cm³/mol. The number of nitrogen functional groups attached to an aromatic ring is 1. The number of nitrogens with two attached hydrogens (primary N) is 1. The molecule has 0 aromatic carbocycles. The molecule has 3 N–H and O–H groups in total. The summed E-state index contributed by atoms with van der Waals surface area (Å²) in [5.41, 5.74) is 6.30. The number of aryl methyl sites for hydroxylation is 1. The Morgan fingerprint density at radius 3 is 2.85 bits per heavy atom. The number of anilines is 2. The van der Waals surface area contributed by atoms with E-state index in [1.54, 1.807) is 12.5 Å². The van der Waals surface area contributed by atoms with Gasteiger partial charge in [0.2, 0.25) is 0 Å². The minimum atomic E-state index is 0.208. The van der Waals surface area contributed by atoms with Crippen LogP contribution in [-0.2, 0) is 6.54 Å². The highest BCUT2D eigenvalue weighted by molar-refractivity contribution is 6.32. The van der Waals surface area contributed by atoms with Gasteiger partial charge in [-0.25, -0.2) is 15.0 Å². The molecule has 0 aliphatic carbocycles. The lowest BCUT2D eigenvalue weighted by Crippen LogP contribution is -2.11. The van der Waals surface area contributed by atoms with E-state index in [0.717, 1.165) is 19.5 Å². The summed E-state index contributed by atoms with van der Waals surface area (Å²) in [6.45, 7) is 5.69. The second-order valence-electron chi connectivity index (χ2n) is 4.87. The van der Waals surface area contributed by atoms with Gasteiger partial charge in [0, 0.05) is 31.4 Å². The van der Waals surface area contributed by atoms with Crippen LogP contribution in [0.3, 0.4) is 0 Å². The van der Waals surface area contributed by atoms with Crippen molar-refractivity contribution in [3.8, 4) is 0 Å². The van der Waals surface area contributed by atoms with Gasteiger partial charge in [-0.15, -0.1) is 0 Å². The van der Waals surface area contributed by atoms with Gasteiger partial charge < -0.3 is 15.6 Å². The lowest BCUT2D eigenvalue weighted by Gasteiger charge is -2.12. The van der Waals surface area contributed by atoms with Crippen LogP contribution in [0.5, 0.6) is 0 Å². The fourth-order valence-electron chi connectivity index (χ4n) is 1.74. The Kier molecular flexibility index (Phi) is 4.79. The summed E-state index contributed by atoms with van der Waals surface area (Å²) in [5.74, 6) is 1.51. The van der Waals surface area contributed by atoms with Crippen molar-refractivity contribution in [1.82, 2.24) is 19.5 Å². The van der Waals surface area contributed by atoms with Crippen LogP contribution in [0.25, 0.3) is 0 Å². The Morgan fingerprint density at radius 1 is 1.40 bits per heavy atom. The summed E-state index contributed by atoms with van der Waals surface area (Å²) in [5, 5.41) is 3.52. The number of aromatic nitrogens is 4. The molecule has 0 atom stereocenters. The maximum Gasteiger partial charge on any atom is 0.157 e. The Hall–Kier alpha value is -1.82. The third-order valence-electron chi connectivity index (χ3n) is 2.88. The molecule has 2 rings (SSSR count). The Labute approximate surface area is 123 Å². The average Bonchev–Trinajstić information content (AvgIpc) is 2.92. The largest absolute Gasteiger partial charge is 0.393 e. The number of nitrogens with one attached hydrogen (secondary N) is 1. The molecule has 0 unspecified atom stereocenters. The molecule has 6 nitrogen and oxygen atoms in total. The van der Waals surface area contributed by atoms with Crippen molar-refractivity contribution in [2.24, 2.45) is 0 Å². The van der Waals surface area contributed by atoms with Gasteiger partial charge in [-0.3, -0.25) is 0 Å². The summed E-state index contributed by atoms with van der Waals surface area (Å²) < 4.78 is 2.03. The van der Waals surface area contributed by atoms with Crippen LogP contribution in [-0.4, -0.2) is 26.1 Å². The maximum absolute atomic E-state index is 6.03. The van der Waals surface area contributed by atoms with Gasteiger partial charge in [-0.1, -0.05) is 25.4 Å². The molecule has 20 heavy (non-hydrogen) atoms. The van der Waals surface area contributed by atoms with E-state index in [9.17, 15) is 0 Å². The summed E-state index contributed by atoms with van der Waals surface area (Å²) in [4.78, 5) is 12.6. The van der Waals surface area contributed by atoms with Crippen molar-refractivity contribution in [3.05, 3.63) is 29.7 Å². The molecular formula is C13H19ClN6. The molecule has 0 saturated carbocycles. The molecule has 2 aromatic rings. The molecule has 0 radical (unpaired) electrons. The Bertz CT molecular complexity index is 552. The third-order valence-corrected chi connectivity index (χ3v) is 3.17. The Balaban J connectivity index is 1.94. The first-order chi connectivity index (χ1) is 9.58. The quantitative estimate of drug-likeness (QED) is 0.632. The molecule has 0 fully saturated rings. The molecule has 0 amide bonds. The highest BCUT2D eigenvalue weighted by Crippen LogP contribution is 2.25. The van der Waals surface area contributed by atoms with E-state index in [1.807, 2.05) is 24.6 Å². The molecule has 0 bridgehead atoms. The lowest BCUT2D eigenvalue weighted by molar-refractivity contribution is 0.659. The number of hydrogen-bond acceptors (Lipinski definition) is 5. The predicted octanol–water partition coefficient (Wildman–Crippen LogP) is 2.53. The molecule has 2 aromatic heterocycles. The fraction of sp³-hybridized carbons (Fsp3) is 0.462. The van der Waals surface area contributed by atoms with Crippen molar-refractivity contribution < 1.29 is 0 Å². The fourth-order valence-corrected chi connectivity index (χ4v) is 1.91. The van der Waals surface area contributed by atoms with Gasteiger partial charge >= 0.3 is 0 Å². The normalized spacial score (nSPS) is 11.0. The van der Waals surface area contributed by atoms with E-state index in [2.05, 4.69) is 20.3 Å². The lowest BCUT2D eigenvalue weighted by atomic mass is 10.2. The van der Waals surface area contributed by atoms with E-state index >= 15 is 0 Å². The zero-order valence-corrected chi connectivity index (χ0v) is 12.4. The number of nitrogens with zero attached hydrogens (tertiary/aromatic N) is 4. The van der Waals surface area contributed by atoms with Crippen molar-refractivity contribution in [1.29, 1.82) is 0 Å². The summed E-state index contributed by atoms with van der Waals surface area (Å²) in [7, 11) is 0. The first-order valence-electron chi connectivity index (χ1n) is 6.60. The van der Waals surface area contributed by atoms with Gasteiger partial charge in [0.05, 0.1) is 6.33 Å². The highest BCUT2D eigenvalue weighted by atomic mass is 35.5. The number of rotatable bonds is 6. The van der Waals surface area contributed by atoms with Crippen molar-refractivity contribution in [2.45, 2.75) is 32.7 Å². The van der Waals surface area contributed by atoms with Crippen molar-refractivity contribution >= 4 is 23.1 Å². The minimum absolute atomic E-state index is 0.208. The Morgan fingerprint density at radius 2 is 2.20 bits per heavy atom. The number of halogens is 1. The molecule has 0 aliphatic rings. The molecule has 0 aliphatic heterocycles. The van der Waals surface area contributed by atoms with E-state index in [0.29, 0.717) is 22.5 Å². The summed E-state index contributed by atoms with van der Waals surface area (Å²) in [6.07, 6.45) is 6.44. The van der Waals surface area contributed by atoms with E-state index in [-0.39, 0.29) is 5.92 Å². The van der Waals surface area contributed by atoms with Crippen LogP contribution in [0.4, 0.5) is 11.5 Å². The topological polar surface area (TPSA) is 81.6 Å². The second kappa shape index (κ2) is 6.56. The van der Waals surface area contributed by atoms with Crippen LogP contribution in [0, 0.1) is 0 Å². The SMILES string of the molecule is CC(C)c1nc(Cl)c(N)c(NCCCn2ccnc2)n1. The molecule has 0 saturated heterocycles. The van der Waals surface area contributed by atoms with Crippen LogP contribution in [0.2, 0.25) is 5.15 Å². The first kappa shape index (κ1) is 14.6. The van der Waals surface area contributed by atoms with Gasteiger partial charge in [0.15, 0.2) is 11.0 Å². The first-order valence-corrected chi connectivity index (χ1v) is 6.98. The second-order valence-corrected chi connectivity index (χ2v) is 5.23. The van der Waals surface area contributed by atoms with Crippen LogP contribution in [0.15, 0.2) is 18.7 Å². The third kappa shape index (κ3) is 3.60. The van der Waals surface area contributed by atoms with Crippen LogP contribution >= 0.6 is 11.6 Å². The van der Waals surface area contributed by atoms with Crippen molar-refractivity contribution in [3.63, 3.8) is 0 Å². The zero-order chi connectivity index (χ0) is 14.5. The number of hydrogen-bond donors (Lipinski definition) is 2. The molecular weight excluding hydrogens is 276 g/mol. The van der Waals surface area contributed by atoms with Crippen LogP contribution in [0.1, 0.15) is 32.0 Å². The van der Waals surface area contributed by atoms with E-state index in [4.69, 9.17) is 17.3 Å². The monoisotopic (exact) mass is 294 g/mol. The highest BCUT2D eigenvalue weighted by Gasteiger charge is 2.12. The molecule has 0 spiro atoms. The molecule has 108 valence electrons. The molecule has 7 heteroatoms. The zero-order valence-electron chi connectivity index (χ0n) is 11.7. The average molecular weight is 295 g/mol. The number of imidazole rings is 1. The van der Waals surface area contributed by atoms with Gasteiger partial charge in [-0.2, -0.15) is 0 Å². The van der Waals surface area contributed by atoms with Crippen molar-refractivity contribution in [2.75, 3.05) is 17.6 Å². The summed E-state index contributed by atoms with van der Waals surface area (Å²) in [6, 6.07) is 0.